The first-order valence-electron chi connectivity index (χ1n) is 10.1. The highest BCUT2D eigenvalue weighted by Crippen LogP contribution is 2.33. The molecule has 1 unspecified atom stereocenters. The lowest BCUT2D eigenvalue weighted by Crippen LogP contribution is -2.25. The first-order chi connectivity index (χ1) is 14.5. The minimum atomic E-state index is -0.171. The quantitative estimate of drug-likeness (QED) is 0.570. The highest BCUT2D eigenvalue weighted by molar-refractivity contribution is 5.97. The number of H-pyrrole nitrogens is 1. The van der Waals surface area contributed by atoms with E-state index in [1.54, 1.807) is 12.3 Å². The molecule has 1 fully saturated rings. The van der Waals surface area contributed by atoms with Crippen molar-refractivity contribution >= 4 is 17.2 Å². The second-order valence-electron chi connectivity index (χ2n) is 7.86. The molecule has 6 nitrogen and oxygen atoms in total. The van der Waals surface area contributed by atoms with Gasteiger partial charge in [0.2, 0.25) is 5.91 Å². The minimum absolute atomic E-state index is 0.0630. The Balaban J connectivity index is 1.55. The van der Waals surface area contributed by atoms with E-state index in [0.29, 0.717) is 24.3 Å². The number of aromatic amines is 1. The first-order valence-corrected chi connectivity index (χ1v) is 10.1. The van der Waals surface area contributed by atoms with Crippen molar-refractivity contribution in [2.45, 2.75) is 26.2 Å². The summed E-state index contributed by atoms with van der Waals surface area (Å²) in [5.41, 5.74) is 6.12. The molecule has 1 amide bonds. The second kappa shape index (κ2) is 6.99. The molecule has 1 saturated heterocycles. The Morgan fingerprint density at radius 3 is 2.63 bits per heavy atom. The lowest BCUT2D eigenvalue weighted by molar-refractivity contribution is -0.117. The fourth-order valence-corrected chi connectivity index (χ4v) is 4.20. The second-order valence-corrected chi connectivity index (χ2v) is 7.86. The van der Waals surface area contributed by atoms with Crippen LogP contribution in [0.4, 0.5) is 5.69 Å². The van der Waals surface area contributed by atoms with Gasteiger partial charge in [-0.15, -0.1) is 0 Å². The number of nitrogens with one attached hydrogen (secondary N) is 1. The van der Waals surface area contributed by atoms with E-state index in [0.717, 1.165) is 27.9 Å². The summed E-state index contributed by atoms with van der Waals surface area (Å²) in [6.07, 6.45) is 2.14. The van der Waals surface area contributed by atoms with Crippen LogP contribution in [0.1, 0.15) is 29.2 Å². The summed E-state index contributed by atoms with van der Waals surface area (Å²) in [7, 11) is 0. The number of carbonyl (C=O) groups is 1. The number of carbonyl (C=O) groups excluding carboxylic acids is 1. The van der Waals surface area contributed by atoms with Crippen molar-refractivity contribution in [1.82, 2.24) is 14.6 Å². The molecular formula is C24H22N4O2. The smallest absolute Gasteiger partial charge is 0.272 e. The average molecular weight is 398 g/mol. The zero-order valence-corrected chi connectivity index (χ0v) is 16.9. The van der Waals surface area contributed by atoms with Gasteiger partial charge in [0.05, 0.1) is 5.69 Å². The summed E-state index contributed by atoms with van der Waals surface area (Å²) in [6, 6.07) is 17.4. The maximum Gasteiger partial charge on any atom is 0.272 e. The molecule has 0 aliphatic carbocycles. The molecule has 1 atom stereocenters. The van der Waals surface area contributed by atoms with E-state index in [1.165, 1.54) is 4.52 Å². The van der Waals surface area contributed by atoms with Gasteiger partial charge in [-0.1, -0.05) is 42.5 Å². The molecule has 4 aromatic rings. The zero-order valence-electron chi connectivity index (χ0n) is 16.9. The van der Waals surface area contributed by atoms with Crippen molar-refractivity contribution < 1.29 is 4.79 Å². The summed E-state index contributed by atoms with van der Waals surface area (Å²) in [5, 5.41) is 2.99. The molecule has 30 heavy (non-hydrogen) atoms. The van der Waals surface area contributed by atoms with Crippen molar-refractivity contribution in [2.75, 3.05) is 11.4 Å². The Hall–Kier alpha value is -3.67. The van der Waals surface area contributed by atoms with Crippen LogP contribution in [0.3, 0.4) is 0 Å². The molecular weight excluding hydrogens is 376 g/mol. The van der Waals surface area contributed by atoms with Crippen LogP contribution in [0.2, 0.25) is 0 Å². The predicted octanol–water partition coefficient (Wildman–Crippen LogP) is 3.83. The van der Waals surface area contributed by atoms with E-state index >= 15 is 0 Å². The molecule has 1 aliphatic rings. The molecule has 0 saturated carbocycles. The number of rotatable bonds is 3. The number of anilines is 1. The SMILES string of the molecule is Cc1cccc(N2CC(c3cc(=O)n4[nH]cc(-c5ccccc5)c4n3)CC2=O)c1C. The molecule has 150 valence electrons. The average Bonchev–Trinajstić information content (AvgIpc) is 3.35. The van der Waals surface area contributed by atoms with Crippen molar-refractivity contribution in [3.63, 3.8) is 0 Å². The van der Waals surface area contributed by atoms with E-state index in [4.69, 9.17) is 4.98 Å². The number of nitrogens with zero attached hydrogens (tertiary/aromatic N) is 3. The number of hydrogen-bond donors (Lipinski definition) is 1. The maximum absolute atomic E-state index is 12.8. The van der Waals surface area contributed by atoms with Crippen molar-refractivity contribution in [3.05, 3.63) is 88.0 Å². The Kier molecular flexibility index (Phi) is 4.28. The van der Waals surface area contributed by atoms with Gasteiger partial charge in [-0.3, -0.25) is 14.7 Å². The van der Waals surface area contributed by atoms with Crippen molar-refractivity contribution in [1.29, 1.82) is 0 Å². The van der Waals surface area contributed by atoms with Gasteiger partial charge in [-0.2, -0.15) is 0 Å². The van der Waals surface area contributed by atoms with Gasteiger partial charge in [0, 0.05) is 42.4 Å². The van der Waals surface area contributed by atoms with Crippen LogP contribution >= 0.6 is 0 Å². The lowest BCUT2D eigenvalue weighted by Gasteiger charge is -2.20. The molecule has 2 aromatic carbocycles. The van der Waals surface area contributed by atoms with E-state index in [9.17, 15) is 9.59 Å². The third-order valence-corrected chi connectivity index (χ3v) is 6.01. The van der Waals surface area contributed by atoms with Crippen LogP contribution in [0.5, 0.6) is 0 Å². The normalized spacial score (nSPS) is 16.5. The van der Waals surface area contributed by atoms with Crippen molar-refractivity contribution in [3.8, 4) is 11.1 Å². The Labute approximate surface area is 173 Å². The topological polar surface area (TPSA) is 70.5 Å². The maximum atomic E-state index is 12.8. The van der Waals surface area contributed by atoms with E-state index in [1.807, 2.05) is 67.3 Å². The summed E-state index contributed by atoms with van der Waals surface area (Å²) >= 11 is 0. The summed E-state index contributed by atoms with van der Waals surface area (Å²) in [5.74, 6) is -0.0540. The van der Waals surface area contributed by atoms with Crippen LogP contribution in [0, 0.1) is 13.8 Å². The van der Waals surface area contributed by atoms with Crippen LogP contribution in [-0.4, -0.2) is 27.0 Å². The fourth-order valence-electron chi connectivity index (χ4n) is 4.20. The summed E-state index contributed by atoms with van der Waals surface area (Å²) in [6.45, 7) is 4.61. The molecule has 0 radical (unpaired) electrons. The Morgan fingerprint density at radius 2 is 1.83 bits per heavy atom. The molecule has 6 heteroatoms. The van der Waals surface area contributed by atoms with Crippen LogP contribution in [0.25, 0.3) is 16.8 Å². The third kappa shape index (κ3) is 2.92. The van der Waals surface area contributed by atoms with Gasteiger partial charge >= 0.3 is 0 Å². The number of amides is 1. The number of aryl methyl sites for hydroxylation is 1. The largest absolute Gasteiger partial charge is 0.311 e. The van der Waals surface area contributed by atoms with Gasteiger partial charge < -0.3 is 4.90 Å². The predicted molar refractivity (Wildman–Crippen MR) is 117 cm³/mol. The molecule has 5 rings (SSSR count). The molecule has 3 heterocycles. The lowest BCUT2D eigenvalue weighted by atomic mass is 10.0. The highest BCUT2D eigenvalue weighted by Gasteiger charge is 2.34. The molecule has 2 aromatic heterocycles. The number of hydrogen-bond acceptors (Lipinski definition) is 3. The third-order valence-electron chi connectivity index (χ3n) is 6.01. The first kappa shape index (κ1) is 18.4. The fraction of sp³-hybridized carbons (Fsp3) is 0.208. The van der Waals surface area contributed by atoms with Crippen LogP contribution in [0.15, 0.2) is 65.6 Å². The van der Waals surface area contributed by atoms with Gasteiger partial charge in [0.15, 0.2) is 5.65 Å². The van der Waals surface area contributed by atoms with Gasteiger partial charge in [0.25, 0.3) is 5.56 Å². The Bertz CT molecular complexity index is 1320. The summed E-state index contributed by atoms with van der Waals surface area (Å²) in [4.78, 5) is 32.2. The van der Waals surface area contributed by atoms with E-state index in [-0.39, 0.29) is 17.4 Å². The number of benzene rings is 2. The van der Waals surface area contributed by atoms with E-state index < -0.39 is 0 Å². The van der Waals surface area contributed by atoms with Gasteiger partial charge in [-0.25, -0.2) is 9.50 Å². The number of aromatic nitrogens is 3. The molecule has 1 N–H and O–H groups in total. The minimum Gasteiger partial charge on any atom is -0.311 e. The molecule has 1 aliphatic heterocycles. The number of fused-ring (bicyclic) bond motifs is 1. The van der Waals surface area contributed by atoms with Crippen LogP contribution in [-0.2, 0) is 4.79 Å². The molecule has 0 bridgehead atoms. The van der Waals surface area contributed by atoms with Crippen molar-refractivity contribution in [2.24, 2.45) is 0 Å². The standard InChI is InChI=1S/C24H22N4O2/c1-15-7-6-10-21(16(15)2)27-14-18(11-22(27)29)20-12-23(30)28-24(26-20)19(13-25-28)17-8-4-3-5-9-17/h3-10,12-13,18,25H,11,14H2,1-2H3. The highest BCUT2D eigenvalue weighted by atomic mass is 16.2. The Morgan fingerprint density at radius 1 is 1.03 bits per heavy atom. The van der Waals surface area contributed by atoms with Crippen LogP contribution < -0.4 is 10.5 Å². The zero-order chi connectivity index (χ0) is 20.8. The summed E-state index contributed by atoms with van der Waals surface area (Å²) < 4.78 is 1.45. The van der Waals surface area contributed by atoms with E-state index in [2.05, 4.69) is 5.10 Å². The van der Waals surface area contributed by atoms with Gasteiger partial charge in [-0.05, 0) is 36.6 Å². The van der Waals surface area contributed by atoms with Gasteiger partial charge in [0.1, 0.15) is 0 Å². The molecule has 0 spiro atoms. The monoisotopic (exact) mass is 398 g/mol.